The monoisotopic (exact) mass is 567 g/mol. The molecule has 1 aliphatic rings. The van der Waals surface area contributed by atoms with Crippen molar-refractivity contribution in [3.8, 4) is 0 Å². The lowest BCUT2D eigenvalue weighted by Gasteiger charge is -2.41. The molecule has 0 unspecified atom stereocenters. The van der Waals surface area contributed by atoms with Crippen molar-refractivity contribution < 1.29 is 31.2 Å². The van der Waals surface area contributed by atoms with Crippen LogP contribution in [0, 0.1) is 12.8 Å². The Morgan fingerprint density at radius 1 is 1.08 bits per heavy atom. The van der Waals surface area contributed by atoms with Gasteiger partial charge in [0.2, 0.25) is 5.91 Å². The van der Waals surface area contributed by atoms with E-state index in [1.807, 2.05) is 14.0 Å². The number of benzene rings is 2. The van der Waals surface area contributed by atoms with Gasteiger partial charge in [0, 0.05) is 23.7 Å². The molecule has 0 aromatic heterocycles. The predicted molar refractivity (Wildman–Crippen MR) is 143 cm³/mol. The highest BCUT2D eigenvalue weighted by Gasteiger charge is 2.37. The van der Waals surface area contributed by atoms with Crippen LogP contribution in [0.5, 0.6) is 0 Å². The topological polar surface area (TPSA) is 95.6 Å². The summed E-state index contributed by atoms with van der Waals surface area (Å²) in [6.07, 6.45) is -2.70. The Kier molecular flexibility index (Phi) is 9.82. The first-order chi connectivity index (χ1) is 18.2. The Labute approximate surface area is 228 Å². The molecule has 2 N–H and O–H groups in total. The van der Waals surface area contributed by atoms with Crippen LogP contribution in [0.2, 0.25) is 0 Å². The van der Waals surface area contributed by atoms with Crippen molar-refractivity contribution in [1.82, 2.24) is 15.5 Å². The molecule has 0 bridgehead atoms. The zero-order valence-corrected chi connectivity index (χ0v) is 23.4. The number of rotatable bonds is 9. The van der Waals surface area contributed by atoms with Crippen LogP contribution in [0.1, 0.15) is 54.6 Å². The summed E-state index contributed by atoms with van der Waals surface area (Å²) in [5, 5.41) is 5.22. The quantitative estimate of drug-likeness (QED) is 0.474. The number of nitrogens with one attached hydrogen (secondary N) is 2. The number of halogens is 3. The van der Waals surface area contributed by atoms with Crippen molar-refractivity contribution in [3.63, 3.8) is 0 Å². The van der Waals surface area contributed by atoms with Crippen molar-refractivity contribution >= 4 is 21.7 Å². The van der Waals surface area contributed by atoms with Gasteiger partial charge in [0.05, 0.1) is 22.8 Å². The van der Waals surface area contributed by atoms with E-state index in [1.165, 1.54) is 6.07 Å². The van der Waals surface area contributed by atoms with E-state index < -0.39 is 46.0 Å². The first kappa shape index (κ1) is 30.6. The Morgan fingerprint density at radius 3 is 2.36 bits per heavy atom. The van der Waals surface area contributed by atoms with Gasteiger partial charge >= 0.3 is 6.18 Å². The number of hydrogen-bond acceptors (Lipinski definition) is 5. The molecule has 1 aliphatic carbocycles. The van der Waals surface area contributed by atoms with Gasteiger partial charge < -0.3 is 15.5 Å². The molecule has 2 aromatic rings. The Hall–Kier alpha value is -2.92. The fourth-order valence-electron chi connectivity index (χ4n) is 4.89. The molecular weight excluding hydrogens is 531 g/mol. The molecule has 11 heteroatoms. The van der Waals surface area contributed by atoms with Crippen LogP contribution in [0.3, 0.4) is 0 Å². The second kappa shape index (κ2) is 12.5. The summed E-state index contributed by atoms with van der Waals surface area (Å²) in [6.45, 7) is 5.57. The van der Waals surface area contributed by atoms with E-state index in [0.717, 1.165) is 30.2 Å². The summed E-state index contributed by atoms with van der Waals surface area (Å²) < 4.78 is 65.4. The van der Waals surface area contributed by atoms with Gasteiger partial charge in [-0.25, -0.2) is 8.42 Å². The third kappa shape index (κ3) is 8.28. The van der Waals surface area contributed by atoms with E-state index >= 15 is 0 Å². The van der Waals surface area contributed by atoms with Crippen LogP contribution in [-0.4, -0.2) is 62.6 Å². The molecule has 7 nitrogen and oxygen atoms in total. The normalized spacial score (nSPS) is 20.2. The molecule has 2 aromatic carbocycles. The molecule has 3 atom stereocenters. The lowest BCUT2D eigenvalue weighted by Crippen LogP contribution is -2.52. The van der Waals surface area contributed by atoms with Gasteiger partial charge in [-0.2, -0.15) is 13.2 Å². The zero-order valence-electron chi connectivity index (χ0n) is 22.6. The Bertz CT molecular complexity index is 1260. The summed E-state index contributed by atoms with van der Waals surface area (Å²) in [7, 11) is -1.62. The molecular formula is C28H36F3N3O4S. The van der Waals surface area contributed by atoms with Gasteiger partial charge in [-0.15, -0.1) is 0 Å². The number of alkyl halides is 3. The number of carbonyl (C=O) groups excluding carboxylic acids is 2. The molecule has 1 saturated carbocycles. The summed E-state index contributed by atoms with van der Waals surface area (Å²) in [5.74, 6) is -1.84. The fourth-order valence-corrected chi connectivity index (χ4v) is 6.56. The van der Waals surface area contributed by atoms with Crippen molar-refractivity contribution in [1.29, 1.82) is 0 Å². The predicted octanol–water partition coefficient (Wildman–Crippen LogP) is 4.21. The van der Waals surface area contributed by atoms with Crippen molar-refractivity contribution in [3.05, 3.63) is 65.2 Å². The minimum atomic E-state index is -4.59. The Balaban J connectivity index is 1.69. The number of aryl methyl sites for hydroxylation is 1. The van der Waals surface area contributed by atoms with Gasteiger partial charge in [0.1, 0.15) is 0 Å². The number of sulfone groups is 1. The van der Waals surface area contributed by atoms with Gasteiger partial charge in [-0.3, -0.25) is 9.59 Å². The molecule has 1 fully saturated rings. The maximum Gasteiger partial charge on any atom is 0.416 e. The summed E-state index contributed by atoms with van der Waals surface area (Å²) >= 11 is 0. The lowest BCUT2D eigenvalue weighted by atomic mass is 9.81. The highest BCUT2D eigenvalue weighted by Crippen LogP contribution is 2.32. The number of carbonyl (C=O) groups is 2. The highest BCUT2D eigenvalue weighted by atomic mass is 32.2. The summed E-state index contributed by atoms with van der Waals surface area (Å²) in [6, 6.07) is 10.6. The molecule has 2 amide bonds. The first-order valence-corrected chi connectivity index (χ1v) is 14.6. The van der Waals surface area contributed by atoms with Crippen molar-refractivity contribution in [2.24, 2.45) is 5.92 Å². The molecule has 214 valence electrons. The maximum atomic E-state index is 13.3. The van der Waals surface area contributed by atoms with Crippen molar-refractivity contribution in [2.45, 2.75) is 69.2 Å². The smallest absolute Gasteiger partial charge is 0.352 e. The molecule has 3 rings (SSSR count). The van der Waals surface area contributed by atoms with Gasteiger partial charge in [-0.05, 0) is 83.3 Å². The zero-order chi connectivity index (χ0) is 29.0. The number of hydrogen-bond donors (Lipinski definition) is 2. The SMILES string of the molecule is Cc1ccc(S(=O)(=O)C[C@@H]2C[C@H](N(C)C(C)C)CC[C@@H]2NC(=O)CNC(=O)c2cccc(C(F)(F)F)c2)cc1. The van der Waals surface area contributed by atoms with Crippen LogP contribution in [0.15, 0.2) is 53.4 Å². The lowest BCUT2D eigenvalue weighted by molar-refractivity contribution is -0.137. The summed E-state index contributed by atoms with van der Waals surface area (Å²) in [4.78, 5) is 27.6. The van der Waals surface area contributed by atoms with E-state index in [1.54, 1.807) is 24.3 Å². The second-order valence-electron chi connectivity index (χ2n) is 10.5. The van der Waals surface area contributed by atoms with Gasteiger partial charge in [-0.1, -0.05) is 23.8 Å². The maximum absolute atomic E-state index is 13.3. The standard InChI is InChI=1S/C28H36F3N3O4S/c1-18(2)34(4)23-10-13-25(21(15-23)17-39(37,38)24-11-8-19(3)9-12-24)33-26(35)16-32-27(36)20-6-5-7-22(14-20)28(29,30)31/h5-9,11-12,14,18,21,23,25H,10,13,15-17H2,1-4H3,(H,32,36)(H,33,35)/t21-,23+,25-/m0/s1. The second-order valence-corrected chi connectivity index (χ2v) is 12.6. The Morgan fingerprint density at radius 2 is 1.74 bits per heavy atom. The minimum absolute atomic E-state index is 0.139. The van der Waals surface area contributed by atoms with Crippen LogP contribution in [0.4, 0.5) is 13.2 Å². The molecule has 0 heterocycles. The van der Waals surface area contributed by atoms with Gasteiger partial charge in [0.25, 0.3) is 5.91 Å². The molecule has 0 saturated heterocycles. The fraction of sp³-hybridized carbons (Fsp3) is 0.500. The van der Waals surface area contributed by atoms with Crippen LogP contribution < -0.4 is 10.6 Å². The highest BCUT2D eigenvalue weighted by molar-refractivity contribution is 7.91. The van der Waals surface area contributed by atoms with Crippen LogP contribution >= 0.6 is 0 Å². The molecule has 0 spiro atoms. The van der Waals surface area contributed by atoms with E-state index in [-0.39, 0.29) is 34.2 Å². The van der Waals surface area contributed by atoms with Crippen molar-refractivity contribution in [2.75, 3.05) is 19.3 Å². The molecule has 39 heavy (non-hydrogen) atoms. The molecule has 0 radical (unpaired) electrons. The average Bonchev–Trinajstić information content (AvgIpc) is 2.87. The summed E-state index contributed by atoms with van der Waals surface area (Å²) in [5.41, 5.74) is -0.222. The van der Waals surface area contributed by atoms with Crippen LogP contribution in [-0.2, 0) is 20.8 Å². The van der Waals surface area contributed by atoms with E-state index in [2.05, 4.69) is 29.4 Å². The first-order valence-electron chi connectivity index (χ1n) is 12.9. The average molecular weight is 568 g/mol. The van der Waals surface area contributed by atoms with E-state index in [4.69, 9.17) is 0 Å². The third-order valence-electron chi connectivity index (χ3n) is 7.37. The third-order valence-corrected chi connectivity index (χ3v) is 9.22. The molecule has 0 aliphatic heterocycles. The van der Waals surface area contributed by atoms with Crippen LogP contribution in [0.25, 0.3) is 0 Å². The van der Waals surface area contributed by atoms with Gasteiger partial charge in [0.15, 0.2) is 9.84 Å². The minimum Gasteiger partial charge on any atom is -0.352 e. The number of amides is 2. The van der Waals surface area contributed by atoms with E-state index in [0.29, 0.717) is 12.8 Å². The number of nitrogens with zero attached hydrogens (tertiary/aromatic N) is 1. The van der Waals surface area contributed by atoms with E-state index in [9.17, 15) is 31.2 Å². The largest absolute Gasteiger partial charge is 0.416 e.